The van der Waals surface area contributed by atoms with Crippen molar-refractivity contribution in [3.8, 4) is 0 Å². The summed E-state index contributed by atoms with van der Waals surface area (Å²) in [6, 6.07) is 10.3. The summed E-state index contributed by atoms with van der Waals surface area (Å²) in [5.74, 6) is -0.115. The molecule has 1 saturated carbocycles. The van der Waals surface area contributed by atoms with Crippen LogP contribution in [-0.2, 0) is 10.0 Å². The van der Waals surface area contributed by atoms with E-state index in [0.29, 0.717) is 23.7 Å². The SMILES string of the molecule is O=C(NC1CCCCC1)c1cc(C2CCCN(S(=O)(=O)c3ccccc3)C2)no1. The van der Waals surface area contributed by atoms with Crippen LogP contribution in [0.3, 0.4) is 0 Å². The molecule has 1 aliphatic heterocycles. The number of hydrogen-bond acceptors (Lipinski definition) is 5. The summed E-state index contributed by atoms with van der Waals surface area (Å²) in [4.78, 5) is 12.8. The highest BCUT2D eigenvalue weighted by Crippen LogP contribution is 2.30. The summed E-state index contributed by atoms with van der Waals surface area (Å²) in [6.07, 6.45) is 7.07. The average Bonchev–Trinajstić information content (AvgIpc) is 3.26. The van der Waals surface area contributed by atoms with Crippen molar-refractivity contribution >= 4 is 15.9 Å². The van der Waals surface area contributed by atoms with Gasteiger partial charge in [0, 0.05) is 31.1 Å². The molecule has 2 heterocycles. The van der Waals surface area contributed by atoms with Crippen LogP contribution in [0.2, 0.25) is 0 Å². The molecule has 2 aliphatic rings. The van der Waals surface area contributed by atoms with Gasteiger partial charge < -0.3 is 9.84 Å². The number of rotatable bonds is 5. The van der Waals surface area contributed by atoms with E-state index < -0.39 is 10.0 Å². The summed E-state index contributed by atoms with van der Waals surface area (Å²) >= 11 is 0. The van der Waals surface area contributed by atoms with E-state index in [0.717, 1.165) is 38.5 Å². The van der Waals surface area contributed by atoms with Crippen LogP contribution in [-0.4, -0.2) is 42.9 Å². The van der Waals surface area contributed by atoms with Gasteiger partial charge in [0.2, 0.25) is 15.8 Å². The zero-order chi connectivity index (χ0) is 20.3. The molecule has 0 spiro atoms. The highest BCUT2D eigenvalue weighted by molar-refractivity contribution is 7.89. The standard InChI is InChI=1S/C21H27N3O4S/c25-21(22-17-9-3-1-4-10-17)20-14-19(23-28-20)16-8-7-13-24(15-16)29(26,27)18-11-5-2-6-12-18/h2,5-6,11-12,14,16-17H,1,3-4,7-10,13,15H2,(H,22,25). The Labute approximate surface area is 171 Å². The second kappa shape index (κ2) is 8.67. The van der Waals surface area contributed by atoms with Crippen LogP contribution in [0, 0.1) is 0 Å². The van der Waals surface area contributed by atoms with Crippen LogP contribution in [0.15, 0.2) is 45.8 Å². The number of carbonyl (C=O) groups excluding carboxylic acids is 1. The average molecular weight is 418 g/mol. The number of nitrogens with zero attached hydrogens (tertiary/aromatic N) is 2. The van der Waals surface area contributed by atoms with Crippen molar-refractivity contribution in [2.75, 3.05) is 13.1 Å². The molecule has 1 N–H and O–H groups in total. The van der Waals surface area contributed by atoms with Crippen molar-refractivity contribution in [2.24, 2.45) is 0 Å². The molecule has 1 amide bonds. The number of piperidine rings is 1. The fourth-order valence-corrected chi connectivity index (χ4v) is 5.78. The van der Waals surface area contributed by atoms with E-state index >= 15 is 0 Å². The van der Waals surface area contributed by atoms with Gasteiger partial charge in [0.05, 0.1) is 10.6 Å². The minimum atomic E-state index is -3.54. The number of amides is 1. The quantitative estimate of drug-likeness (QED) is 0.806. The lowest BCUT2D eigenvalue weighted by Crippen LogP contribution is -2.39. The zero-order valence-corrected chi connectivity index (χ0v) is 17.2. The second-order valence-corrected chi connectivity index (χ2v) is 9.88. The number of sulfonamides is 1. The van der Waals surface area contributed by atoms with Gasteiger partial charge in [0.25, 0.3) is 5.91 Å². The lowest BCUT2D eigenvalue weighted by atomic mass is 9.95. The summed E-state index contributed by atoms with van der Waals surface area (Å²) < 4.78 is 32.6. The normalized spacial score (nSPS) is 21.7. The van der Waals surface area contributed by atoms with Crippen molar-refractivity contribution in [1.82, 2.24) is 14.8 Å². The van der Waals surface area contributed by atoms with Crippen LogP contribution < -0.4 is 5.32 Å². The Morgan fingerprint density at radius 3 is 2.59 bits per heavy atom. The van der Waals surface area contributed by atoms with Crippen molar-refractivity contribution in [1.29, 1.82) is 0 Å². The molecule has 1 aromatic carbocycles. The van der Waals surface area contributed by atoms with Gasteiger partial charge in [0.15, 0.2) is 0 Å². The van der Waals surface area contributed by atoms with Crippen LogP contribution in [0.25, 0.3) is 0 Å². The highest BCUT2D eigenvalue weighted by atomic mass is 32.2. The molecule has 4 rings (SSSR count). The lowest BCUT2D eigenvalue weighted by Gasteiger charge is -2.30. The first-order chi connectivity index (χ1) is 14.0. The van der Waals surface area contributed by atoms with Crippen molar-refractivity contribution in [3.63, 3.8) is 0 Å². The number of carbonyl (C=O) groups is 1. The molecule has 29 heavy (non-hydrogen) atoms. The first kappa shape index (κ1) is 20.1. The molecule has 1 aliphatic carbocycles. The lowest BCUT2D eigenvalue weighted by molar-refractivity contribution is 0.0890. The van der Waals surface area contributed by atoms with Crippen LogP contribution in [0.1, 0.15) is 67.1 Å². The molecule has 1 atom stereocenters. The van der Waals surface area contributed by atoms with Crippen molar-refractivity contribution in [2.45, 2.75) is 61.8 Å². The molecular formula is C21H27N3O4S. The highest BCUT2D eigenvalue weighted by Gasteiger charge is 2.32. The fourth-order valence-electron chi connectivity index (χ4n) is 4.24. The maximum atomic E-state index is 12.9. The molecule has 2 fully saturated rings. The predicted molar refractivity (Wildman–Crippen MR) is 108 cm³/mol. The summed E-state index contributed by atoms with van der Waals surface area (Å²) in [7, 11) is -3.54. The molecule has 1 aromatic heterocycles. The van der Waals surface area contributed by atoms with E-state index in [1.54, 1.807) is 36.4 Å². The van der Waals surface area contributed by atoms with Gasteiger partial charge in [-0.05, 0) is 37.8 Å². The smallest absolute Gasteiger partial charge is 0.290 e. The second-order valence-electron chi connectivity index (χ2n) is 7.94. The molecule has 1 unspecified atom stereocenters. The van der Waals surface area contributed by atoms with Crippen LogP contribution in [0.4, 0.5) is 0 Å². The Kier molecular flexibility index (Phi) is 6.01. The van der Waals surface area contributed by atoms with E-state index in [-0.39, 0.29) is 23.6 Å². The predicted octanol–water partition coefficient (Wildman–Crippen LogP) is 3.31. The number of nitrogens with one attached hydrogen (secondary N) is 1. The first-order valence-electron chi connectivity index (χ1n) is 10.4. The summed E-state index contributed by atoms with van der Waals surface area (Å²) in [5.41, 5.74) is 0.645. The minimum absolute atomic E-state index is 0.0813. The third-order valence-corrected chi connectivity index (χ3v) is 7.76. The minimum Gasteiger partial charge on any atom is -0.351 e. The van der Waals surface area contributed by atoms with Crippen LogP contribution >= 0.6 is 0 Å². The zero-order valence-electron chi connectivity index (χ0n) is 16.4. The van der Waals surface area contributed by atoms with Gasteiger partial charge >= 0.3 is 0 Å². The maximum Gasteiger partial charge on any atom is 0.290 e. The molecule has 7 nitrogen and oxygen atoms in total. The molecule has 156 valence electrons. The van der Waals surface area contributed by atoms with E-state index in [1.165, 1.54) is 10.7 Å². The largest absolute Gasteiger partial charge is 0.351 e. The van der Waals surface area contributed by atoms with Crippen molar-refractivity contribution < 1.29 is 17.7 Å². The number of benzene rings is 1. The molecule has 2 aromatic rings. The Hall–Kier alpha value is -2.19. The molecule has 1 saturated heterocycles. The Balaban J connectivity index is 1.43. The molecule has 0 bridgehead atoms. The third kappa shape index (κ3) is 4.53. The summed E-state index contributed by atoms with van der Waals surface area (Å²) in [6.45, 7) is 0.827. The number of hydrogen-bond donors (Lipinski definition) is 1. The Bertz CT molecular complexity index is 936. The third-order valence-electron chi connectivity index (χ3n) is 5.88. The first-order valence-corrected chi connectivity index (χ1v) is 11.8. The fraction of sp³-hybridized carbons (Fsp3) is 0.524. The summed E-state index contributed by atoms with van der Waals surface area (Å²) in [5, 5.41) is 7.11. The molecule has 0 radical (unpaired) electrons. The van der Waals surface area contributed by atoms with Crippen molar-refractivity contribution in [3.05, 3.63) is 47.9 Å². The van der Waals surface area contributed by atoms with E-state index in [9.17, 15) is 13.2 Å². The van der Waals surface area contributed by atoms with E-state index in [1.807, 2.05) is 0 Å². The van der Waals surface area contributed by atoms with Gasteiger partial charge in [-0.25, -0.2) is 8.42 Å². The molecule has 8 heteroatoms. The van der Waals surface area contributed by atoms with Gasteiger partial charge in [-0.2, -0.15) is 4.31 Å². The van der Waals surface area contributed by atoms with E-state index in [2.05, 4.69) is 10.5 Å². The van der Waals surface area contributed by atoms with Gasteiger partial charge in [-0.3, -0.25) is 4.79 Å². The van der Waals surface area contributed by atoms with Gasteiger partial charge in [-0.15, -0.1) is 0 Å². The van der Waals surface area contributed by atoms with Crippen LogP contribution in [0.5, 0.6) is 0 Å². The topological polar surface area (TPSA) is 92.5 Å². The Morgan fingerprint density at radius 2 is 1.83 bits per heavy atom. The monoisotopic (exact) mass is 417 g/mol. The number of aromatic nitrogens is 1. The molecular weight excluding hydrogens is 390 g/mol. The maximum absolute atomic E-state index is 12.9. The van der Waals surface area contributed by atoms with E-state index in [4.69, 9.17) is 4.52 Å². The Morgan fingerprint density at radius 1 is 1.07 bits per heavy atom. The van der Waals surface area contributed by atoms with Gasteiger partial charge in [0.1, 0.15) is 0 Å². The van der Waals surface area contributed by atoms with Gasteiger partial charge in [-0.1, -0.05) is 42.6 Å².